The van der Waals surface area contributed by atoms with Gasteiger partial charge in [-0.05, 0) is 37.3 Å². The van der Waals surface area contributed by atoms with Crippen LogP contribution in [-0.2, 0) is 0 Å². The summed E-state index contributed by atoms with van der Waals surface area (Å²) in [6.45, 7) is 27.8. The molecule has 134 valence electrons. The molecule has 0 radical (unpaired) electrons. The average Bonchev–Trinajstić information content (AvgIpc) is 2.63. The third-order valence-electron chi connectivity index (χ3n) is 2.22. The smallest absolute Gasteiger partial charge is 0.0245 e. The lowest BCUT2D eigenvalue weighted by atomic mass is 9.97. The Bertz CT molecular complexity index is 228. The van der Waals surface area contributed by atoms with Crippen molar-refractivity contribution in [1.29, 1.82) is 0 Å². The van der Waals surface area contributed by atoms with Crippen molar-refractivity contribution in [3.05, 3.63) is 48.6 Å². The lowest BCUT2D eigenvalue weighted by Gasteiger charge is -2.09. The molecule has 0 aliphatic carbocycles. The molecule has 0 heterocycles. The molecule has 0 bridgehead atoms. The second kappa shape index (κ2) is 42.7. The molecule has 0 unspecified atom stereocenters. The number of hydrogen-bond donors (Lipinski definition) is 0. The van der Waals surface area contributed by atoms with Gasteiger partial charge in [-0.15, -0.1) is 6.58 Å². The van der Waals surface area contributed by atoms with Crippen molar-refractivity contribution >= 4 is 0 Å². The predicted molar refractivity (Wildman–Crippen MR) is 112 cm³/mol. The zero-order chi connectivity index (χ0) is 18.8. The Morgan fingerprint density at radius 1 is 0.773 bits per heavy atom. The van der Waals surface area contributed by atoms with Gasteiger partial charge >= 0.3 is 0 Å². The molecule has 0 atom stereocenters. The van der Waals surface area contributed by atoms with Crippen LogP contribution < -0.4 is 0 Å². The van der Waals surface area contributed by atoms with Crippen molar-refractivity contribution in [3.63, 3.8) is 0 Å². The van der Waals surface area contributed by atoms with Gasteiger partial charge in [0.2, 0.25) is 0 Å². The molecule has 0 aliphatic heterocycles. The van der Waals surface area contributed by atoms with E-state index < -0.39 is 0 Å². The van der Waals surface area contributed by atoms with Crippen LogP contribution in [0.3, 0.4) is 0 Å². The molecule has 0 fully saturated rings. The zero-order valence-electron chi connectivity index (χ0n) is 17.6. The highest BCUT2D eigenvalue weighted by Gasteiger charge is 2.01. The number of hydrogen-bond acceptors (Lipinski definition) is 0. The molecule has 0 nitrogen and oxygen atoms in total. The summed E-state index contributed by atoms with van der Waals surface area (Å²) in [5.41, 5.74) is 2.86. The summed E-state index contributed by atoms with van der Waals surface area (Å²) in [6, 6.07) is 0. The van der Waals surface area contributed by atoms with E-state index in [1.54, 1.807) is 0 Å². The van der Waals surface area contributed by atoms with Gasteiger partial charge in [-0.3, -0.25) is 0 Å². The minimum Gasteiger partial charge on any atom is -0.103 e. The van der Waals surface area contributed by atoms with E-state index in [0.717, 1.165) is 19.3 Å². The molecule has 0 heteroatoms. The monoisotopic (exact) mass is 310 g/mol. The third-order valence-corrected chi connectivity index (χ3v) is 2.22. The van der Waals surface area contributed by atoms with Gasteiger partial charge in [-0.2, -0.15) is 0 Å². The van der Waals surface area contributed by atoms with E-state index in [1.807, 2.05) is 67.5 Å². The van der Waals surface area contributed by atoms with Crippen LogP contribution in [0.4, 0.5) is 0 Å². The first-order valence-corrected chi connectivity index (χ1v) is 9.38. The summed E-state index contributed by atoms with van der Waals surface area (Å²) in [4.78, 5) is 0. The molecule has 22 heavy (non-hydrogen) atoms. The van der Waals surface area contributed by atoms with Crippen LogP contribution in [0.1, 0.15) is 94.9 Å². The molecular weight excluding hydrogens is 264 g/mol. The van der Waals surface area contributed by atoms with Crippen LogP contribution in [-0.4, -0.2) is 0 Å². The second-order valence-corrected chi connectivity index (χ2v) is 3.32. The molecule has 0 aromatic rings. The Kier molecular flexibility index (Phi) is 63.7. The van der Waals surface area contributed by atoms with Crippen LogP contribution in [0.5, 0.6) is 0 Å². The lowest BCUT2D eigenvalue weighted by Crippen LogP contribution is -1.89. The molecule has 0 rings (SSSR count). The first kappa shape index (κ1) is 32.8. The molecule has 0 aromatic carbocycles. The van der Waals surface area contributed by atoms with Crippen LogP contribution in [0.15, 0.2) is 48.6 Å². The van der Waals surface area contributed by atoms with Crippen molar-refractivity contribution in [2.24, 2.45) is 0 Å². The van der Waals surface area contributed by atoms with Gasteiger partial charge in [0.25, 0.3) is 0 Å². The highest BCUT2D eigenvalue weighted by molar-refractivity contribution is 5.33. The predicted octanol–water partition coefficient (Wildman–Crippen LogP) is 8.92. The molecule has 0 aromatic heterocycles. The van der Waals surface area contributed by atoms with Gasteiger partial charge in [-0.25, -0.2) is 0 Å². The molecular formula is C22H46. The maximum Gasteiger partial charge on any atom is -0.0245 e. The molecule has 0 saturated heterocycles. The Hall–Kier alpha value is -1.04. The minimum atomic E-state index is 1.05. The molecule has 0 amide bonds. The van der Waals surface area contributed by atoms with Crippen LogP contribution >= 0.6 is 0 Å². The SMILES string of the molecule is C=C/C=C(CCC)/C(=C/C)CCC=C.CC.CC.CC.CC. The maximum absolute atomic E-state index is 3.76. The zero-order valence-corrected chi connectivity index (χ0v) is 17.6. The summed E-state index contributed by atoms with van der Waals surface area (Å²) in [5.74, 6) is 0. The summed E-state index contributed by atoms with van der Waals surface area (Å²) in [5, 5.41) is 0. The van der Waals surface area contributed by atoms with Crippen LogP contribution in [0.25, 0.3) is 0 Å². The summed E-state index contributed by atoms with van der Waals surface area (Å²) in [7, 11) is 0. The molecule has 0 saturated carbocycles. The van der Waals surface area contributed by atoms with Crippen molar-refractivity contribution in [3.8, 4) is 0 Å². The topological polar surface area (TPSA) is 0 Å². The Morgan fingerprint density at radius 3 is 1.50 bits per heavy atom. The highest BCUT2D eigenvalue weighted by atomic mass is 14.1. The largest absolute Gasteiger partial charge is 0.103 e. The molecule has 0 spiro atoms. The van der Waals surface area contributed by atoms with E-state index in [9.17, 15) is 0 Å². The van der Waals surface area contributed by atoms with E-state index in [0.29, 0.717) is 0 Å². The van der Waals surface area contributed by atoms with E-state index in [4.69, 9.17) is 0 Å². The van der Waals surface area contributed by atoms with Gasteiger partial charge in [-0.1, -0.05) is 99.6 Å². The molecule has 0 aliphatic rings. The van der Waals surface area contributed by atoms with Crippen molar-refractivity contribution in [2.45, 2.75) is 94.9 Å². The maximum atomic E-state index is 3.76. The summed E-state index contributed by atoms with van der Waals surface area (Å²) < 4.78 is 0. The van der Waals surface area contributed by atoms with Gasteiger partial charge in [0, 0.05) is 0 Å². The van der Waals surface area contributed by atoms with E-state index in [1.165, 1.54) is 17.6 Å². The Morgan fingerprint density at radius 2 is 1.23 bits per heavy atom. The minimum absolute atomic E-state index is 1.05. The average molecular weight is 311 g/mol. The second-order valence-electron chi connectivity index (χ2n) is 3.32. The summed E-state index contributed by atoms with van der Waals surface area (Å²) in [6.07, 6.45) is 12.7. The van der Waals surface area contributed by atoms with E-state index in [2.05, 4.69) is 39.2 Å². The van der Waals surface area contributed by atoms with Gasteiger partial charge in [0.1, 0.15) is 0 Å². The molecule has 0 N–H and O–H groups in total. The fourth-order valence-corrected chi connectivity index (χ4v) is 1.51. The van der Waals surface area contributed by atoms with Crippen molar-refractivity contribution in [1.82, 2.24) is 0 Å². The van der Waals surface area contributed by atoms with E-state index in [-0.39, 0.29) is 0 Å². The fourth-order valence-electron chi connectivity index (χ4n) is 1.51. The van der Waals surface area contributed by atoms with Crippen LogP contribution in [0.2, 0.25) is 0 Å². The summed E-state index contributed by atoms with van der Waals surface area (Å²) >= 11 is 0. The quantitative estimate of drug-likeness (QED) is 0.325. The van der Waals surface area contributed by atoms with Crippen LogP contribution in [0, 0.1) is 0 Å². The van der Waals surface area contributed by atoms with Gasteiger partial charge in [0.15, 0.2) is 0 Å². The number of rotatable bonds is 7. The van der Waals surface area contributed by atoms with Gasteiger partial charge < -0.3 is 0 Å². The number of allylic oxidation sites excluding steroid dienone is 6. The van der Waals surface area contributed by atoms with Crippen molar-refractivity contribution < 1.29 is 0 Å². The van der Waals surface area contributed by atoms with Gasteiger partial charge in [0.05, 0.1) is 0 Å². The third kappa shape index (κ3) is 27.3. The first-order valence-electron chi connectivity index (χ1n) is 9.38. The van der Waals surface area contributed by atoms with Crippen molar-refractivity contribution in [2.75, 3.05) is 0 Å². The Labute approximate surface area is 144 Å². The standard InChI is InChI=1S/C14H22.4C2H6/c1-5-9-12-13(8-4)14(10-6-2)11-7-3;4*1-2/h5-6,8,10H,1-2,7,9,11-12H2,3-4H3;4*1-2H3/b13-8+,14-10+;;;;. The first-order chi connectivity index (χ1) is 10.8. The lowest BCUT2D eigenvalue weighted by molar-refractivity contribution is 0.875. The van der Waals surface area contributed by atoms with E-state index >= 15 is 0 Å². The fraction of sp³-hybridized carbons (Fsp3) is 0.636. The Balaban J connectivity index is -0.000000103. The normalized spacial score (nSPS) is 9.18. The highest BCUT2D eigenvalue weighted by Crippen LogP contribution is 2.20.